The fraction of sp³-hybridized carbons (Fsp3) is 0.529. The Bertz CT molecular complexity index is 329. The third-order valence-corrected chi connectivity index (χ3v) is 3.37. The van der Waals surface area contributed by atoms with Gasteiger partial charge in [0.15, 0.2) is 0 Å². The maximum Gasteiger partial charge on any atom is 0.0320 e. The molecule has 0 fully saturated rings. The van der Waals surface area contributed by atoms with E-state index in [1.807, 2.05) is 0 Å². The van der Waals surface area contributed by atoms with Crippen molar-refractivity contribution in [1.29, 1.82) is 0 Å². The smallest absolute Gasteiger partial charge is 0.0320 e. The van der Waals surface area contributed by atoms with Gasteiger partial charge in [-0.25, -0.2) is 0 Å². The lowest BCUT2D eigenvalue weighted by Crippen LogP contribution is -2.22. The van der Waals surface area contributed by atoms with Crippen molar-refractivity contribution >= 4 is 0 Å². The quantitative estimate of drug-likeness (QED) is 0.612. The summed E-state index contributed by atoms with van der Waals surface area (Å²) < 4.78 is 0. The number of hydrogen-bond acceptors (Lipinski definition) is 1. The fourth-order valence-corrected chi connectivity index (χ4v) is 2.12. The van der Waals surface area contributed by atoms with E-state index in [-0.39, 0.29) is 0 Å². The molecule has 100 valence electrons. The molecule has 0 aliphatic rings. The number of allylic oxidation sites excluding steroid dienone is 1. The minimum Gasteiger partial charge on any atom is -0.310 e. The summed E-state index contributed by atoms with van der Waals surface area (Å²) >= 11 is 0. The first-order valence-corrected chi connectivity index (χ1v) is 7.22. The number of rotatable bonds is 9. The minimum atomic E-state index is 0.496. The van der Waals surface area contributed by atoms with Crippen molar-refractivity contribution in [3.63, 3.8) is 0 Å². The molecular weight excluding hydrogens is 218 g/mol. The Morgan fingerprint density at radius 3 is 2.56 bits per heavy atom. The highest BCUT2D eigenvalue weighted by atomic mass is 14.9. The Labute approximate surface area is 112 Å². The fourth-order valence-electron chi connectivity index (χ4n) is 2.12. The van der Waals surface area contributed by atoms with Gasteiger partial charge < -0.3 is 5.32 Å². The molecule has 0 aliphatic carbocycles. The Hall–Kier alpha value is -1.08. The lowest BCUT2D eigenvalue weighted by molar-refractivity contribution is 0.483. The van der Waals surface area contributed by atoms with Crippen molar-refractivity contribution in [3.8, 4) is 0 Å². The Kier molecular flexibility index (Phi) is 7.43. The van der Waals surface area contributed by atoms with E-state index in [0.29, 0.717) is 6.04 Å². The highest BCUT2D eigenvalue weighted by molar-refractivity contribution is 5.18. The van der Waals surface area contributed by atoms with Crippen LogP contribution in [0, 0.1) is 0 Å². The summed E-state index contributed by atoms with van der Waals surface area (Å²) in [6.07, 6.45) is 5.88. The van der Waals surface area contributed by atoms with Gasteiger partial charge in [0.1, 0.15) is 0 Å². The number of nitrogens with one attached hydrogen (secondary N) is 1. The summed E-state index contributed by atoms with van der Waals surface area (Å²) in [7, 11) is 0. The highest BCUT2D eigenvalue weighted by Gasteiger charge is 2.09. The molecule has 0 bridgehead atoms. The molecule has 0 heterocycles. The molecular formula is C17H27N. The molecule has 1 rings (SSSR count). The van der Waals surface area contributed by atoms with E-state index in [2.05, 4.69) is 56.1 Å². The van der Waals surface area contributed by atoms with E-state index in [4.69, 9.17) is 0 Å². The molecule has 0 saturated carbocycles. The summed E-state index contributed by atoms with van der Waals surface area (Å²) in [5, 5.41) is 3.65. The predicted octanol–water partition coefficient (Wildman–Crippen LogP) is 4.86. The van der Waals surface area contributed by atoms with E-state index in [1.54, 1.807) is 0 Å². The molecule has 0 aliphatic heterocycles. The van der Waals surface area contributed by atoms with E-state index >= 15 is 0 Å². The first kappa shape index (κ1) is 15.0. The standard InChI is InChI=1S/C17H27N/c1-4-14-18-17(13-9-10-15(3)5-2)16-11-7-6-8-12-16/h6-8,11-12,17-18H,3-5,9-10,13-14H2,1-2H3. The van der Waals surface area contributed by atoms with Crippen molar-refractivity contribution in [3.05, 3.63) is 48.0 Å². The summed E-state index contributed by atoms with van der Waals surface area (Å²) in [5.41, 5.74) is 2.78. The van der Waals surface area contributed by atoms with Gasteiger partial charge in [-0.15, -0.1) is 0 Å². The largest absolute Gasteiger partial charge is 0.310 e. The van der Waals surface area contributed by atoms with Crippen LogP contribution in [0.25, 0.3) is 0 Å². The van der Waals surface area contributed by atoms with Crippen molar-refractivity contribution in [2.45, 2.75) is 52.0 Å². The van der Waals surface area contributed by atoms with Crippen LogP contribution < -0.4 is 5.32 Å². The maximum atomic E-state index is 4.08. The normalized spacial score (nSPS) is 12.3. The van der Waals surface area contributed by atoms with Gasteiger partial charge in [0, 0.05) is 6.04 Å². The third kappa shape index (κ3) is 5.50. The zero-order valence-corrected chi connectivity index (χ0v) is 11.9. The van der Waals surface area contributed by atoms with Crippen molar-refractivity contribution in [1.82, 2.24) is 5.32 Å². The maximum absolute atomic E-state index is 4.08. The molecule has 0 spiro atoms. The first-order valence-electron chi connectivity index (χ1n) is 7.22. The molecule has 0 radical (unpaired) electrons. The molecule has 0 saturated heterocycles. The topological polar surface area (TPSA) is 12.0 Å². The molecule has 0 aromatic heterocycles. The van der Waals surface area contributed by atoms with Crippen LogP contribution in [0.1, 0.15) is 57.6 Å². The second-order valence-corrected chi connectivity index (χ2v) is 4.91. The van der Waals surface area contributed by atoms with Crippen LogP contribution in [-0.2, 0) is 0 Å². The summed E-state index contributed by atoms with van der Waals surface area (Å²) in [6.45, 7) is 9.58. The summed E-state index contributed by atoms with van der Waals surface area (Å²) in [6, 6.07) is 11.3. The van der Waals surface area contributed by atoms with Gasteiger partial charge in [-0.3, -0.25) is 0 Å². The average Bonchev–Trinajstić information content (AvgIpc) is 2.43. The van der Waals surface area contributed by atoms with Gasteiger partial charge in [-0.05, 0) is 44.2 Å². The molecule has 1 atom stereocenters. The second-order valence-electron chi connectivity index (χ2n) is 4.91. The van der Waals surface area contributed by atoms with Crippen LogP contribution in [0.3, 0.4) is 0 Å². The Morgan fingerprint density at radius 2 is 1.94 bits per heavy atom. The van der Waals surface area contributed by atoms with Crippen LogP contribution >= 0.6 is 0 Å². The highest BCUT2D eigenvalue weighted by Crippen LogP contribution is 2.21. The molecule has 1 N–H and O–H groups in total. The number of benzene rings is 1. The molecule has 1 nitrogen and oxygen atoms in total. The van der Waals surface area contributed by atoms with Crippen molar-refractivity contribution in [2.24, 2.45) is 0 Å². The zero-order chi connectivity index (χ0) is 13.2. The third-order valence-electron chi connectivity index (χ3n) is 3.37. The van der Waals surface area contributed by atoms with E-state index < -0.39 is 0 Å². The van der Waals surface area contributed by atoms with Gasteiger partial charge in [0.05, 0.1) is 0 Å². The Balaban J connectivity index is 2.48. The monoisotopic (exact) mass is 245 g/mol. The van der Waals surface area contributed by atoms with Gasteiger partial charge in [0.25, 0.3) is 0 Å². The lowest BCUT2D eigenvalue weighted by Gasteiger charge is -2.19. The summed E-state index contributed by atoms with van der Waals surface area (Å²) in [4.78, 5) is 0. The molecule has 1 aromatic rings. The van der Waals surface area contributed by atoms with Crippen molar-refractivity contribution < 1.29 is 0 Å². The van der Waals surface area contributed by atoms with E-state index in [9.17, 15) is 0 Å². The number of hydrogen-bond donors (Lipinski definition) is 1. The van der Waals surface area contributed by atoms with Crippen LogP contribution in [0.4, 0.5) is 0 Å². The zero-order valence-electron chi connectivity index (χ0n) is 11.9. The Morgan fingerprint density at radius 1 is 1.22 bits per heavy atom. The van der Waals surface area contributed by atoms with Crippen molar-refractivity contribution in [2.75, 3.05) is 6.54 Å². The van der Waals surface area contributed by atoms with Gasteiger partial charge in [0.2, 0.25) is 0 Å². The van der Waals surface area contributed by atoms with Gasteiger partial charge >= 0.3 is 0 Å². The van der Waals surface area contributed by atoms with E-state index in [1.165, 1.54) is 30.4 Å². The summed E-state index contributed by atoms with van der Waals surface area (Å²) in [5.74, 6) is 0. The molecule has 0 amide bonds. The van der Waals surface area contributed by atoms with E-state index in [0.717, 1.165) is 19.4 Å². The van der Waals surface area contributed by atoms with Crippen LogP contribution in [0.2, 0.25) is 0 Å². The van der Waals surface area contributed by atoms with Crippen LogP contribution in [0.15, 0.2) is 42.5 Å². The molecule has 18 heavy (non-hydrogen) atoms. The van der Waals surface area contributed by atoms with Crippen LogP contribution in [-0.4, -0.2) is 6.54 Å². The van der Waals surface area contributed by atoms with Gasteiger partial charge in [-0.2, -0.15) is 0 Å². The molecule has 1 heteroatoms. The van der Waals surface area contributed by atoms with Gasteiger partial charge in [-0.1, -0.05) is 56.3 Å². The average molecular weight is 245 g/mol. The first-order chi connectivity index (χ1) is 8.77. The second kappa shape index (κ2) is 8.93. The molecule has 1 aromatic carbocycles. The van der Waals surface area contributed by atoms with Crippen LogP contribution in [0.5, 0.6) is 0 Å². The molecule has 1 unspecified atom stereocenters. The lowest BCUT2D eigenvalue weighted by atomic mass is 9.98. The SMILES string of the molecule is C=C(CC)CCCC(NCCC)c1ccccc1. The predicted molar refractivity (Wildman–Crippen MR) is 80.8 cm³/mol. The minimum absolute atomic E-state index is 0.496.